The topological polar surface area (TPSA) is 126 Å². The molecule has 0 atom stereocenters. The van der Waals surface area contributed by atoms with Gasteiger partial charge in [-0.15, -0.1) is 0 Å². The third-order valence-corrected chi connectivity index (χ3v) is 2.98. The Morgan fingerprint density at radius 2 is 1.22 bits per heavy atom. The molecule has 0 aromatic heterocycles. The maximum Gasteiger partial charge on any atom is 0.714 e. The van der Waals surface area contributed by atoms with Crippen molar-refractivity contribution in [1.82, 2.24) is 0 Å². The van der Waals surface area contributed by atoms with Gasteiger partial charge in [0.1, 0.15) is 18.3 Å². The molecule has 14 heteroatoms. The van der Waals surface area contributed by atoms with Crippen LogP contribution in [0.15, 0.2) is 11.8 Å². The number of carbonyl (C=O) groups is 4. The number of ketones is 2. The lowest BCUT2D eigenvalue weighted by Gasteiger charge is -2.05. The molecule has 0 rings (SSSR count). The highest BCUT2D eigenvalue weighted by Gasteiger charge is 2.27. The summed E-state index contributed by atoms with van der Waals surface area (Å²) in [5.74, 6) is -5.00. The molecule has 36 heavy (non-hydrogen) atoms. The Kier molecular flexibility index (Phi) is 25.9. The third kappa shape index (κ3) is 21.4. The standard InChI is InChI=1S/C9H12F2O4.C7H15O3.C6H8F2O3/c1-3-14-5-6(7(12)8(10)11)9(13)15-4-2;1-4-8-7(9-5-2)10-6-3;1-2-11-5(10)3-4(9)6(7)8/h5,8H,3-4H2,1-2H3;4-6H2,1-3H3;6H,2-3H2,1H3/q;+1;/b6-5-;;. The molecule has 0 aliphatic carbocycles. The number of rotatable bonds is 13. The fourth-order valence-electron chi connectivity index (χ4n) is 1.61. The Hall–Kier alpha value is -3.19. The Bertz CT molecular complexity index is 686. The lowest BCUT2D eigenvalue weighted by molar-refractivity contribution is -0.175. The molecule has 10 nitrogen and oxygen atoms in total. The summed E-state index contributed by atoms with van der Waals surface area (Å²) in [6, 6.07) is 0. The van der Waals surface area contributed by atoms with Crippen molar-refractivity contribution in [3.63, 3.8) is 0 Å². The molecule has 0 saturated carbocycles. The zero-order chi connectivity index (χ0) is 28.5. The molecule has 0 spiro atoms. The summed E-state index contributed by atoms with van der Waals surface area (Å²) in [6.45, 7) is 12.3. The van der Waals surface area contributed by atoms with Crippen molar-refractivity contribution < 1.29 is 64.8 Å². The van der Waals surface area contributed by atoms with Crippen molar-refractivity contribution in [2.24, 2.45) is 0 Å². The Morgan fingerprint density at radius 1 is 0.722 bits per heavy atom. The van der Waals surface area contributed by atoms with Crippen LogP contribution in [0, 0.1) is 0 Å². The van der Waals surface area contributed by atoms with E-state index in [4.69, 9.17) is 13.9 Å². The van der Waals surface area contributed by atoms with Crippen molar-refractivity contribution in [1.29, 1.82) is 0 Å². The van der Waals surface area contributed by atoms with Crippen LogP contribution in [0.4, 0.5) is 22.0 Å². The minimum atomic E-state index is -3.25. The van der Waals surface area contributed by atoms with E-state index in [1.54, 1.807) is 6.92 Å². The Labute approximate surface area is 207 Å². The predicted octanol–water partition coefficient (Wildman–Crippen LogP) is 3.81. The van der Waals surface area contributed by atoms with Gasteiger partial charge < -0.3 is 28.1 Å². The van der Waals surface area contributed by atoms with E-state index in [1.165, 1.54) is 13.8 Å². The van der Waals surface area contributed by atoms with E-state index in [0.717, 1.165) is 0 Å². The molecular formula is C22H35F4O10+. The maximum absolute atomic E-state index is 12.1. The normalized spacial score (nSPS) is 10.2. The highest BCUT2D eigenvalue weighted by atomic mass is 19.3. The van der Waals surface area contributed by atoms with Crippen molar-refractivity contribution in [3.8, 4) is 0 Å². The number of alkyl halides is 4. The molecule has 0 fully saturated rings. The van der Waals surface area contributed by atoms with E-state index in [0.29, 0.717) is 26.1 Å². The largest absolute Gasteiger partial charge is 0.714 e. The van der Waals surface area contributed by atoms with Crippen LogP contribution in [0.25, 0.3) is 0 Å². The second kappa shape index (κ2) is 24.9. The quantitative estimate of drug-likeness (QED) is 0.0506. The van der Waals surface area contributed by atoms with Crippen LogP contribution in [0.3, 0.4) is 0 Å². The van der Waals surface area contributed by atoms with Gasteiger partial charge in [-0.1, -0.05) is 0 Å². The molecule has 0 heterocycles. The summed E-state index contributed by atoms with van der Waals surface area (Å²) >= 11 is 0. The first-order chi connectivity index (χ1) is 17.0. The molecule has 0 aliphatic rings. The summed E-state index contributed by atoms with van der Waals surface area (Å²) in [7, 11) is 0. The monoisotopic (exact) mass is 535 g/mol. The second-order valence-corrected chi connectivity index (χ2v) is 5.67. The van der Waals surface area contributed by atoms with Gasteiger partial charge in [0.2, 0.25) is 11.6 Å². The summed E-state index contributed by atoms with van der Waals surface area (Å²) in [4.78, 5) is 42.5. The minimum absolute atomic E-state index is 0.00117. The summed E-state index contributed by atoms with van der Waals surface area (Å²) in [5, 5.41) is 0. The van der Waals surface area contributed by atoms with Gasteiger partial charge in [-0.2, -0.15) is 0 Å². The van der Waals surface area contributed by atoms with Gasteiger partial charge in [0.25, 0.3) is 6.43 Å². The highest BCUT2D eigenvalue weighted by Crippen LogP contribution is 2.08. The van der Waals surface area contributed by atoms with Crippen molar-refractivity contribution in [3.05, 3.63) is 11.8 Å². The number of hydrogen-bond donors (Lipinski definition) is 0. The first-order valence-electron chi connectivity index (χ1n) is 11.0. The van der Waals surface area contributed by atoms with Crippen LogP contribution in [-0.2, 0) is 42.9 Å². The molecule has 0 amide bonds. The molecule has 0 N–H and O–H groups in total. The molecule has 0 unspecified atom stereocenters. The lowest BCUT2D eigenvalue weighted by Crippen LogP contribution is -2.21. The number of Topliss-reactive ketones (excluding diaryl/α,β-unsaturated/α-hetero) is 2. The average Bonchev–Trinajstić information content (AvgIpc) is 2.80. The number of carbonyl (C=O) groups excluding carboxylic acids is 5. The van der Waals surface area contributed by atoms with E-state index in [-0.39, 0.29) is 26.0 Å². The predicted molar refractivity (Wildman–Crippen MR) is 119 cm³/mol. The number of ether oxygens (including phenoxy) is 5. The van der Waals surface area contributed by atoms with E-state index in [1.807, 2.05) is 20.8 Å². The van der Waals surface area contributed by atoms with Crippen molar-refractivity contribution in [2.45, 2.75) is 60.8 Å². The van der Waals surface area contributed by atoms with Crippen LogP contribution in [0.2, 0.25) is 0 Å². The highest BCUT2D eigenvalue weighted by molar-refractivity contribution is 6.18. The molecule has 0 aromatic rings. The minimum Gasteiger partial charge on any atom is -0.500 e. The van der Waals surface area contributed by atoms with Gasteiger partial charge in [0.15, 0.2) is 19.8 Å². The van der Waals surface area contributed by atoms with E-state index in [2.05, 4.69) is 14.2 Å². The molecule has 210 valence electrons. The summed E-state index contributed by atoms with van der Waals surface area (Å²) in [5.41, 5.74) is -0.770. The molecule has 0 aliphatic heterocycles. The summed E-state index contributed by atoms with van der Waals surface area (Å²) in [6.07, 6.45) is -6.19. The van der Waals surface area contributed by atoms with Gasteiger partial charge >= 0.3 is 24.5 Å². The van der Waals surface area contributed by atoms with Gasteiger partial charge in [-0.25, -0.2) is 22.4 Å². The smallest absolute Gasteiger partial charge is 0.500 e. The first kappa shape index (κ1) is 37.4. The molecule has 0 bridgehead atoms. The number of esters is 2. The first-order valence-corrected chi connectivity index (χ1v) is 11.0. The van der Waals surface area contributed by atoms with Crippen LogP contribution in [-0.4, -0.2) is 82.2 Å². The molecule has 0 saturated heterocycles. The molecule has 0 radical (unpaired) electrons. The third-order valence-electron chi connectivity index (χ3n) is 2.98. The van der Waals surface area contributed by atoms with Gasteiger partial charge in [0.05, 0.1) is 19.8 Å². The van der Waals surface area contributed by atoms with E-state index in [9.17, 15) is 36.7 Å². The van der Waals surface area contributed by atoms with Gasteiger partial charge in [-0.3, -0.25) is 14.4 Å². The summed E-state index contributed by atoms with van der Waals surface area (Å²) < 4.78 is 75.4. The zero-order valence-electron chi connectivity index (χ0n) is 21.3. The van der Waals surface area contributed by atoms with Gasteiger partial charge in [0, 0.05) is 0 Å². The molecular weight excluding hydrogens is 500 g/mol. The maximum atomic E-state index is 12.1. The van der Waals surface area contributed by atoms with Crippen LogP contribution in [0.5, 0.6) is 0 Å². The van der Waals surface area contributed by atoms with Crippen LogP contribution in [0.1, 0.15) is 48.0 Å². The lowest BCUT2D eigenvalue weighted by atomic mass is 10.2. The second-order valence-electron chi connectivity index (χ2n) is 5.67. The fourth-order valence-corrected chi connectivity index (χ4v) is 1.61. The van der Waals surface area contributed by atoms with Crippen molar-refractivity contribution >= 4 is 29.7 Å². The van der Waals surface area contributed by atoms with Crippen LogP contribution < -0.4 is 0 Å². The van der Waals surface area contributed by atoms with E-state index >= 15 is 0 Å². The average molecular weight is 536 g/mol. The fraction of sp³-hybridized carbons (Fsp3) is 0.682. The Balaban J connectivity index is -0.000000466. The SMILES string of the molecule is CCO/C=C(\C(=O)OCC)C(=O)C(F)F.CCOC(=O)CC(=O)C(F)F.CCOC(OCC)=[O+]CC. The molecule has 0 aromatic carbocycles. The van der Waals surface area contributed by atoms with Crippen molar-refractivity contribution in [2.75, 3.05) is 39.6 Å². The number of hydrogen-bond acceptors (Lipinski definition) is 9. The van der Waals surface area contributed by atoms with E-state index < -0.39 is 48.3 Å². The zero-order valence-corrected chi connectivity index (χ0v) is 21.3. The van der Waals surface area contributed by atoms with Gasteiger partial charge in [-0.05, 0) is 41.5 Å². The number of halogens is 4. The van der Waals surface area contributed by atoms with Crippen LogP contribution >= 0.6 is 0 Å². The Morgan fingerprint density at radius 3 is 1.58 bits per heavy atom.